The number of rotatable bonds is 4. The van der Waals surface area contributed by atoms with Gasteiger partial charge in [0.2, 0.25) is 15.9 Å². The molecule has 1 aliphatic rings. The highest BCUT2D eigenvalue weighted by Gasteiger charge is 2.39. The Kier molecular flexibility index (Phi) is 5.11. The van der Waals surface area contributed by atoms with Crippen molar-refractivity contribution in [3.05, 3.63) is 65.5 Å². The monoisotopic (exact) mass is 376 g/mol. The predicted molar refractivity (Wildman–Crippen MR) is 96.6 cm³/mol. The molecule has 1 heterocycles. The molecule has 1 fully saturated rings. The summed E-state index contributed by atoms with van der Waals surface area (Å²) in [6.45, 7) is 4.52. The number of amides is 1. The molecule has 26 heavy (non-hydrogen) atoms. The Morgan fingerprint density at radius 2 is 1.69 bits per heavy atom. The Morgan fingerprint density at radius 3 is 2.27 bits per heavy atom. The molecule has 1 unspecified atom stereocenters. The summed E-state index contributed by atoms with van der Waals surface area (Å²) >= 11 is 0. The van der Waals surface area contributed by atoms with Crippen LogP contribution < -0.4 is 5.32 Å². The third kappa shape index (κ3) is 3.50. The van der Waals surface area contributed by atoms with Crippen LogP contribution in [0.4, 0.5) is 4.39 Å². The molecule has 5 nitrogen and oxygen atoms in total. The Hall–Kier alpha value is -2.25. The molecule has 0 spiro atoms. The third-order valence-electron chi connectivity index (χ3n) is 4.51. The van der Waals surface area contributed by atoms with Crippen LogP contribution in [0.15, 0.2) is 53.4 Å². The zero-order valence-electron chi connectivity index (χ0n) is 14.6. The molecular weight excluding hydrogens is 355 g/mol. The second kappa shape index (κ2) is 7.17. The molecule has 0 bridgehead atoms. The number of sulfonamides is 1. The van der Waals surface area contributed by atoms with Gasteiger partial charge in [-0.3, -0.25) is 4.79 Å². The van der Waals surface area contributed by atoms with Crippen molar-refractivity contribution in [2.75, 3.05) is 13.1 Å². The molecule has 0 saturated carbocycles. The van der Waals surface area contributed by atoms with Crippen LogP contribution in [0.2, 0.25) is 0 Å². The summed E-state index contributed by atoms with van der Waals surface area (Å²) < 4.78 is 40.4. The van der Waals surface area contributed by atoms with E-state index in [9.17, 15) is 17.6 Å². The number of hydrogen-bond acceptors (Lipinski definition) is 3. The van der Waals surface area contributed by atoms with Gasteiger partial charge in [0.1, 0.15) is 11.9 Å². The van der Waals surface area contributed by atoms with Crippen LogP contribution in [0.25, 0.3) is 0 Å². The number of carbonyl (C=O) groups is 1. The van der Waals surface area contributed by atoms with Crippen molar-refractivity contribution in [2.45, 2.75) is 30.7 Å². The zero-order chi connectivity index (χ0) is 18.9. The molecule has 1 N–H and O–H groups in total. The maximum Gasteiger partial charge on any atom is 0.244 e. The van der Waals surface area contributed by atoms with Gasteiger partial charge in [-0.1, -0.05) is 38.1 Å². The fourth-order valence-electron chi connectivity index (χ4n) is 3.03. The lowest BCUT2D eigenvalue weighted by atomic mass is 9.98. The quantitative estimate of drug-likeness (QED) is 0.892. The summed E-state index contributed by atoms with van der Waals surface area (Å²) in [6.07, 6.45) is 0. The second-order valence-corrected chi connectivity index (χ2v) is 8.48. The highest BCUT2D eigenvalue weighted by atomic mass is 32.2. The molecule has 1 saturated heterocycles. The maximum absolute atomic E-state index is 13.2. The predicted octanol–water partition coefficient (Wildman–Crippen LogP) is 2.81. The van der Waals surface area contributed by atoms with E-state index in [0.29, 0.717) is 11.5 Å². The largest absolute Gasteiger partial charge is 0.353 e. The SMILES string of the molecule is CC(C)c1ccc(C2C(=O)NCCN2S(=O)(=O)c2ccc(F)cc2)cc1. The zero-order valence-corrected chi connectivity index (χ0v) is 15.5. The summed E-state index contributed by atoms with van der Waals surface area (Å²) in [5.74, 6) is -0.538. The molecule has 138 valence electrons. The fourth-order valence-corrected chi connectivity index (χ4v) is 4.61. The van der Waals surface area contributed by atoms with E-state index < -0.39 is 21.9 Å². The van der Waals surface area contributed by atoms with Crippen molar-refractivity contribution in [3.8, 4) is 0 Å². The van der Waals surface area contributed by atoms with Crippen molar-refractivity contribution in [1.82, 2.24) is 9.62 Å². The number of hydrogen-bond donors (Lipinski definition) is 1. The van der Waals surface area contributed by atoms with Crippen molar-refractivity contribution >= 4 is 15.9 Å². The van der Waals surface area contributed by atoms with E-state index in [1.165, 1.54) is 16.4 Å². The first-order valence-corrected chi connectivity index (χ1v) is 9.89. The average molecular weight is 376 g/mol. The number of carbonyl (C=O) groups excluding carboxylic acids is 1. The third-order valence-corrected chi connectivity index (χ3v) is 6.39. The number of nitrogens with one attached hydrogen (secondary N) is 1. The topological polar surface area (TPSA) is 66.5 Å². The van der Waals surface area contributed by atoms with Crippen LogP contribution in [0.1, 0.15) is 36.9 Å². The standard InChI is InChI=1S/C19H21FN2O3S/c1-13(2)14-3-5-15(6-4-14)18-19(23)21-11-12-22(18)26(24,25)17-9-7-16(20)8-10-17/h3-10,13,18H,11-12H2,1-2H3,(H,21,23). The molecule has 7 heteroatoms. The van der Waals surface area contributed by atoms with Crippen molar-refractivity contribution in [3.63, 3.8) is 0 Å². The van der Waals surface area contributed by atoms with Gasteiger partial charge in [0.05, 0.1) is 4.90 Å². The lowest BCUT2D eigenvalue weighted by Crippen LogP contribution is -2.52. The minimum atomic E-state index is -3.93. The number of halogens is 1. The summed E-state index contributed by atoms with van der Waals surface area (Å²) in [4.78, 5) is 12.4. The van der Waals surface area contributed by atoms with Gasteiger partial charge < -0.3 is 5.32 Å². The molecule has 0 aliphatic carbocycles. The van der Waals surface area contributed by atoms with Crippen LogP contribution in [-0.4, -0.2) is 31.7 Å². The first-order chi connectivity index (χ1) is 12.3. The molecule has 0 radical (unpaired) electrons. The van der Waals surface area contributed by atoms with Gasteiger partial charge in [0, 0.05) is 13.1 Å². The van der Waals surface area contributed by atoms with Gasteiger partial charge in [-0.25, -0.2) is 12.8 Å². The number of nitrogens with zero attached hydrogens (tertiary/aromatic N) is 1. The average Bonchev–Trinajstić information content (AvgIpc) is 2.62. The molecule has 2 aromatic rings. The molecule has 1 amide bonds. The molecular formula is C19H21FN2O3S. The van der Waals surface area contributed by atoms with Crippen molar-refractivity contribution < 1.29 is 17.6 Å². The molecule has 3 rings (SSSR count). The van der Waals surface area contributed by atoms with Gasteiger partial charge in [0.15, 0.2) is 0 Å². The highest BCUT2D eigenvalue weighted by Crippen LogP contribution is 2.30. The minimum absolute atomic E-state index is 0.0302. The molecule has 1 aliphatic heterocycles. The second-order valence-electron chi connectivity index (χ2n) is 6.58. The van der Waals surface area contributed by atoms with E-state index >= 15 is 0 Å². The number of benzene rings is 2. The lowest BCUT2D eigenvalue weighted by Gasteiger charge is -2.34. The van der Waals surface area contributed by atoms with Gasteiger partial charge in [-0.05, 0) is 41.3 Å². The van der Waals surface area contributed by atoms with Crippen molar-refractivity contribution in [1.29, 1.82) is 0 Å². The van der Waals surface area contributed by atoms with E-state index in [-0.39, 0.29) is 23.9 Å². The van der Waals surface area contributed by atoms with Crippen LogP contribution in [0, 0.1) is 5.82 Å². The smallest absolute Gasteiger partial charge is 0.244 e. The fraction of sp³-hybridized carbons (Fsp3) is 0.316. The van der Waals surface area contributed by atoms with Crippen molar-refractivity contribution in [2.24, 2.45) is 0 Å². The number of piperazine rings is 1. The molecule has 0 aromatic heterocycles. The van der Waals surface area contributed by atoms with E-state index in [1.807, 2.05) is 12.1 Å². The summed E-state index contributed by atoms with van der Waals surface area (Å²) in [6, 6.07) is 11.1. The van der Waals surface area contributed by atoms with Crippen LogP contribution in [0.3, 0.4) is 0 Å². The minimum Gasteiger partial charge on any atom is -0.353 e. The first-order valence-electron chi connectivity index (χ1n) is 8.45. The van der Waals surface area contributed by atoms with Crippen LogP contribution in [0.5, 0.6) is 0 Å². The Bertz CT molecular complexity index is 893. The summed E-state index contributed by atoms with van der Waals surface area (Å²) in [5, 5.41) is 2.73. The normalized spacial score (nSPS) is 18.8. The van der Waals surface area contributed by atoms with Gasteiger partial charge in [0.25, 0.3) is 0 Å². The lowest BCUT2D eigenvalue weighted by molar-refractivity contribution is -0.126. The molecule has 2 aromatic carbocycles. The Morgan fingerprint density at radius 1 is 1.08 bits per heavy atom. The van der Waals surface area contributed by atoms with Crippen LogP contribution >= 0.6 is 0 Å². The van der Waals surface area contributed by atoms with Crippen LogP contribution in [-0.2, 0) is 14.8 Å². The first kappa shape index (κ1) is 18.5. The molecule has 1 atom stereocenters. The van der Waals surface area contributed by atoms with E-state index in [2.05, 4.69) is 19.2 Å². The van der Waals surface area contributed by atoms with Gasteiger partial charge in [-0.2, -0.15) is 4.31 Å². The highest BCUT2D eigenvalue weighted by molar-refractivity contribution is 7.89. The Labute approximate surface area is 152 Å². The maximum atomic E-state index is 13.2. The Balaban J connectivity index is 2.00. The van der Waals surface area contributed by atoms with E-state index in [1.54, 1.807) is 12.1 Å². The van der Waals surface area contributed by atoms with Gasteiger partial charge >= 0.3 is 0 Å². The summed E-state index contributed by atoms with van der Waals surface area (Å²) in [7, 11) is -3.93. The van der Waals surface area contributed by atoms with Gasteiger partial charge in [-0.15, -0.1) is 0 Å². The van der Waals surface area contributed by atoms with E-state index in [4.69, 9.17) is 0 Å². The summed E-state index contributed by atoms with van der Waals surface area (Å²) in [5.41, 5.74) is 1.72. The van der Waals surface area contributed by atoms with E-state index in [0.717, 1.165) is 17.7 Å².